The van der Waals surface area contributed by atoms with Crippen LogP contribution in [0.3, 0.4) is 0 Å². The summed E-state index contributed by atoms with van der Waals surface area (Å²) in [4.78, 5) is 4.25. The fourth-order valence-electron chi connectivity index (χ4n) is 1.93. The first-order chi connectivity index (χ1) is 9.21. The van der Waals surface area contributed by atoms with E-state index in [1.807, 2.05) is 32.9 Å². The van der Waals surface area contributed by atoms with Crippen molar-refractivity contribution in [3.8, 4) is 5.75 Å². The van der Waals surface area contributed by atoms with Gasteiger partial charge in [0.1, 0.15) is 0 Å². The minimum Gasteiger partial charge on any atom is -0.493 e. The van der Waals surface area contributed by atoms with Crippen LogP contribution < -0.4 is 10.5 Å². The molecule has 0 aromatic carbocycles. The van der Waals surface area contributed by atoms with Crippen molar-refractivity contribution in [1.29, 1.82) is 0 Å². The lowest BCUT2D eigenvalue weighted by atomic mass is 9.91. The predicted molar refractivity (Wildman–Crippen MR) is 82.0 cm³/mol. The summed E-state index contributed by atoms with van der Waals surface area (Å²) in [5.74, 6) is 0.756. The summed E-state index contributed by atoms with van der Waals surface area (Å²) in [6.45, 7) is 5.95. The number of rotatable bonds is 7. The first-order valence-electron chi connectivity index (χ1n) is 6.89. The Morgan fingerprint density at radius 3 is 2.40 bits per heavy atom. The molecule has 0 bridgehead atoms. The summed E-state index contributed by atoms with van der Waals surface area (Å²) in [6, 6.07) is -0.183. The molecule has 1 unspecified atom stereocenters. The zero-order valence-corrected chi connectivity index (χ0v) is 13.8. The van der Waals surface area contributed by atoms with Gasteiger partial charge in [-0.3, -0.25) is 4.68 Å². The van der Waals surface area contributed by atoms with E-state index in [2.05, 4.69) is 28.7 Å². The Morgan fingerprint density at radius 1 is 1.35 bits per heavy atom. The summed E-state index contributed by atoms with van der Waals surface area (Å²) in [7, 11) is 9.82. The van der Waals surface area contributed by atoms with Gasteiger partial charge >= 0.3 is 0 Å². The molecule has 1 rings (SSSR count). The lowest BCUT2D eigenvalue weighted by Crippen LogP contribution is -2.48. The molecule has 6 heteroatoms. The van der Waals surface area contributed by atoms with Crippen LogP contribution in [0.4, 0.5) is 0 Å². The molecule has 0 aliphatic rings. The zero-order valence-electron chi connectivity index (χ0n) is 13.8. The molecule has 1 aromatic rings. The summed E-state index contributed by atoms with van der Waals surface area (Å²) in [6.07, 6.45) is 1.75. The molecule has 116 valence electrons. The van der Waals surface area contributed by atoms with Crippen LogP contribution in [0.1, 0.15) is 25.6 Å². The molecule has 0 fully saturated rings. The zero-order chi connectivity index (χ0) is 15.5. The minimum absolute atomic E-state index is 0.183. The third-order valence-corrected chi connectivity index (χ3v) is 4.03. The highest BCUT2D eigenvalue weighted by molar-refractivity contribution is 5.30. The van der Waals surface area contributed by atoms with E-state index >= 15 is 0 Å². The van der Waals surface area contributed by atoms with Crippen LogP contribution >= 0.6 is 0 Å². The molecule has 6 nitrogen and oxygen atoms in total. The molecule has 1 heterocycles. The lowest BCUT2D eigenvalue weighted by Gasteiger charge is -2.38. The normalized spacial score (nSPS) is 14.1. The lowest BCUT2D eigenvalue weighted by molar-refractivity contribution is 0.151. The second kappa shape index (κ2) is 6.56. The Hall–Kier alpha value is -1.11. The minimum atomic E-state index is -0.191. The number of ether oxygens (including phenoxy) is 1. The van der Waals surface area contributed by atoms with Crippen LogP contribution in [0.5, 0.6) is 5.75 Å². The summed E-state index contributed by atoms with van der Waals surface area (Å²) in [5, 5.41) is 4.42. The van der Waals surface area contributed by atoms with E-state index in [-0.39, 0.29) is 11.6 Å². The smallest absolute Gasteiger partial charge is 0.161 e. The van der Waals surface area contributed by atoms with Crippen LogP contribution in [0.15, 0.2) is 6.20 Å². The average molecular weight is 283 g/mol. The number of nitrogens with two attached hydrogens (primary N) is 1. The van der Waals surface area contributed by atoms with E-state index in [1.165, 1.54) is 0 Å². The van der Waals surface area contributed by atoms with Crippen molar-refractivity contribution in [3.05, 3.63) is 11.9 Å². The molecule has 0 amide bonds. The van der Waals surface area contributed by atoms with Crippen molar-refractivity contribution in [2.75, 3.05) is 41.8 Å². The van der Waals surface area contributed by atoms with Crippen molar-refractivity contribution in [1.82, 2.24) is 19.6 Å². The highest BCUT2D eigenvalue weighted by Crippen LogP contribution is 2.32. The number of hydrogen-bond acceptors (Lipinski definition) is 5. The second-order valence-electron chi connectivity index (χ2n) is 6.15. The van der Waals surface area contributed by atoms with Crippen molar-refractivity contribution in [2.45, 2.75) is 32.0 Å². The summed E-state index contributed by atoms with van der Waals surface area (Å²) in [5.41, 5.74) is 7.27. The Labute approximate surface area is 122 Å². The number of likely N-dealkylation sites (N-methyl/N-ethyl adjacent to an activating group) is 2. The van der Waals surface area contributed by atoms with Gasteiger partial charge in [0.2, 0.25) is 0 Å². The Morgan fingerprint density at radius 2 is 1.95 bits per heavy atom. The molecule has 0 saturated heterocycles. The van der Waals surface area contributed by atoms with Crippen molar-refractivity contribution < 1.29 is 4.74 Å². The monoisotopic (exact) mass is 283 g/mol. The van der Waals surface area contributed by atoms with E-state index in [0.29, 0.717) is 0 Å². The van der Waals surface area contributed by atoms with Gasteiger partial charge in [0.25, 0.3) is 0 Å². The van der Waals surface area contributed by atoms with Crippen LogP contribution in [-0.4, -0.2) is 67.0 Å². The maximum absolute atomic E-state index is 6.51. The van der Waals surface area contributed by atoms with Gasteiger partial charge < -0.3 is 20.3 Å². The van der Waals surface area contributed by atoms with Crippen LogP contribution in [0, 0.1) is 0 Å². The Kier molecular flexibility index (Phi) is 5.56. The first-order valence-corrected chi connectivity index (χ1v) is 6.89. The van der Waals surface area contributed by atoms with Crippen LogP contribution in [0.25, 0.3) is 0 Å². The highest BCUT2D eigenvalue weighted by Gasteiger charge is 2.34. The Balaban J connectivity index is 3.10. The molecule has 0 spiro atoms. The van der Waals surface area contributed by atoms with Crippen molar-refractivity contribution in [2.24, 2.45) is 5.73 Å². The van der Waals surface area contributed by atoms with Gasteiger partial charge in [-0.25, -0.2) is 0 Å². The summed E-state index contributed by atoms with van der Waals surface area (Å²) < 4.78 is 7.39. The standard InChI is InChI=1S/C14H29N5O/c1-14(2,18(5)6)13(15)12-11(20-7)10-16-19(12)9-8-17(3)4/h10,13H,8-9,15H2,1-7H3. The topological polar surface area (TPSA) is 59.6 Å². The van der Waals surface area contributed by atoms with Gasteiger partial charge in [-0.05, 0) is 42.0 Å². The molecule has 0 aliphatic carbocycles. The number of methoxy groups -OCH3 is 1. The van der Waals surface area contributed by atoms with Crippen molar-refractivity contribution >= 4 is 0 Å². The quantitative estimate of drug-likeness (QED) is 0.802. The fraction of sp³-hybridized carbons (Fsp3) is 0.786. The number of hydrogen-bond donors (Lipinski definition) is 1. The molecular weight excluding hydrogens is 254 g/mol. The molecule has 2 N–H and O–H groups in total. The van der Waals surface area contributed by atoms with Crippen LogP contribution in [0.2, 0.25) is 0 Å². The third-order valence-electron chi connectivity index (χ3n) is 4.03. The molecule has 0 radical (unpaired) electrons. The van der Waals surface area contributed by atoms with Gasteiger partial charge in [-0.15, -0.1) is 0 Å². The van der Waals surface area contributed by atoms with E-state index in [1.54, 1.807) is 13.3 Å². The fourth-order valence-corrected chi connectivity index (χ4v) is 1.93. The van der Waals surface area contributed by atoms with Crippen LogP contribution in [-0.2, 0) is 6.54 Å². The Bertz CT molecular complexity index is 425. The molecule has 0 saturated carbocycles. The SMILES string of the molecule is COc1cnn(CCN(C)C)c1C(N)C(C)(C)N(C)C. The molecule has 1 aromatic heterocycles. The summed E-state index contributed by atoms with van der Waals surface area (Å²) >= 11 is 0. The maximum atomic E-state index is 6.51. The van der Waals surface area contributed by atoms with Gasteiger partial charge in [0.05, 0.1) is 31.6 Å². The molecule has 0 aliphatic heterocycles. The van der Waals surface area contributed by atoms with Gasteiger partial charge in [-0.1, -0.05) is 0 Å². The number of nitrogens with zero attached hydrogens (tertiary/aromatic N) is 4. The van der Waals surface area contributed by atoms with E-state index in [4.69, 9.17) is 10.5 Å². The number of aromatic nitrogens is 2. The van der Waals surface area contributed by atoms with E-state index < -0.39 is 0 Å². The first kappa shape index (κ1) is 16.9. The van der Waals surface area contributed by atoms with Gasteiger partial charge in [0, 0.05) is 12.1 Å². The predicted octanol–water partition coefficient (Wildman–Crippen LogP) is 0.793. The van der Waals surface area contributed by atoms with Gasteiger partial charge in [-0.2, -0.15) is 5.10 Å². The highest BCUT2D eigenvalue weighted by atomic mass is 16.5. The van der Waals surface area contributed by atoms with E-state index in [9.17, 15) is 0 Å². The second-order valence-corrected chi connectivity index (χ2v) is 6.15. The largest absolute Gasteiger partial charge is 0.493 e. The van der Waals surface area contributed by atoms with Crippen molar-refractivity contribution in [3.63, 3.8) is 0 Å². The van der Waals surface area contributed by atoms with E-state index in [0.717, 1.165) is 24.5 Å². The third kappa shape index (κ3) is 3.50. The molecular formula is C14H29N5O. The average Bonchev–Trinajstić information content (AvgIpc) is 2.77. The molecule has 20 heavy (non-hydrogen) atoms. The molecule has 1 atom stereocenters. The van der Waals surface area contributed by atoms with Gasteiger partial charge in [0.15, 0.2) is 5.75 Å². The maximum Gasteiger partial charge on any atom is 0.161 e.